The maximum absolute atomic E-state index is 12.4. The van der Waals surface area contributed by atoms with Crippen LogP contribution in [-0.4, -0.2) is 31.9 Å². The van der Waals surface area contributed by atoms with Gasteiger partial charge in [-0.05, 0) is 30.0 Å². The molecule has 24 heavy (non-hydrogen) atoms. The summed E-state index contributed by atoms with van der Waals surface area (Å²) in [4.78, 5) is 20.8. The van der Waals surface area contributed by atoms with E-state index in [1.165, 1.54) is 11.8 Å². The summed E-state index contributed by atoms with van der Waals surface area (Å²) in [5, 5.41) is 7.81. The quantitative estimate of drug-likeness (QED) is 0.723. The fourth-order valence-corrected chi connectivity index (χ4v) is 2.86. The molecule has 0 fully saturated rings. The van der Waals surface area contributed by atoms with Crippen LogP contribution >= 0.6 is 11.8 Å². The van der Waals surface area contributed by atoms with Gasteiger partial charge in [-0.15, -0.1) is 11.8 Å². The van der Waals surface area contributed by atoms with E-state index < -0.39 is 0 Å². The maximum Gasteiger partial charge on any atom is 0.254 e. The Morgan fingerprint density at radius 3 is 2.92 bits per heavy atom. The molecule has 0 atom stereocenters. The largest absolute Gasteiger partial charge is 0.348 e. The average molecular weight is 339 g/mol. The normalized spacial score (nSPS) is 10.6. The van der Waals surface area contributed by atoms with E-state index in [1.807, 2.05) is 25.6 Å². The lowest BCUT2D eigenvalue weighted by molar-refractivity contribution is 0.0947. The van der Waals surface area contributed by atoms with E-state index in [0.717, 1.165) is 21.7 Å². The van der Waals surface area contributed by atoms with Crippen molar-refractivity contribution in [2.75, 3.05) is 6.26 Å². The van der Waals surface area contributed by atoms with Gasteiger partial charge in [-0.3, -0.25) is 14.5 Å². The molecule has 3 aromatic heterocycles. The van der Waals surface area contributed by atoms with Crippen LogP contribution in [0.2, 0.25) is 0 Å². The maximum atomic E-state index is 12.4. The average Bonchev–Trinajstić information content (AvgIpc) is 3.06. The topological polar surface area (TPSA) is 72.7 Å². The number of pyridine rings is 2. The van der Waals surface area contributed by atoms with Crippen molar-refractivity contribution in [1.29, 1.82) is 0 Å². The summed E-state index contributed by atoms with van der Waals surface area (Å²) in [5.74, 6) is -0.140. The highest BCUT2D eigenvalue weighted by Crippen LogP contribution is 2.19. The number of nitrogens with zero attached hydrogens (tertiary/aromatic N) is 4. The minimum absolute atomic E-state index is 0.140. The van der Waals surface area contributed by atoms with Crippen LogP contribution in [0.25, 0.3) is 11.1 Å². The minimum atomic E-state index is -0.140. The van der Waals surface area contributed by atoms with Crippen molar-refractivity contribution in [2.45, 2.75) is 11.6 Å². The third-order valence-electron chi connectivity index (χ3n) is 3.50. The van der Waals surface area contributed by atoms with Crippen LogP contribution in [0.1, 0.15) is 15.9 Å². The summed E-state index contributed by atoms with van der Waals surface area (Å²) in [5.41, 5.74) is 3.48. The van der Waals surface area contributed by atoms with Crippen LogP contribution < -0.4 is 5.32 Å². The molecule has 6 nitrogen and oxygen atoms in total. The predicted molar refractivity (Wildman–Crippen MR) is 93.6 cm³/mol. The van der Waals surface area contributed by atoms with E-state index in [1.54, 1.807) is 41.6 Å². The summed E-state index contributed by atoms with van der Waals surface area (Å²) in [6.45, 7) is 0.405. The minimum Gasteiger partial charge on any atom is -0.348 e. The molecule has 0 saturated heterocycles. The van der Waals surface area contributed by atoms with Gasteiger partial charge in [0.25, 0.3) is 5.91 Å². The van der Waals surface area contributed by atoms with Crippen LogP contribution in [0.15, 0.2) is 54.2 Å². The Balaban J connectivity index is 1.72. The van der Waals surface area contributed by atoms with Gasteiger partial charge in [0.15, 0.2) is 0 Å². The first-order chi connectivity index (χ1) is 11.7. The molecule has 1 amide bonds. The highest BCUT2D eigenvalue weighted by atomic mass is 32.2. The third kappa shape index (κ3) is 3.62. The smallest absolute Gasteiger partial charge is 0.254 e. The van der Waals surface area contributed by atoms with Crippen molar-refractivity contribution in [2.24, 2.45) is 7.05 Å². The Morgan fingerprint density at radius 1 is 1.29 bits per heavy atom. The lowest BCUT2D eigenvalue weighted by atomic mass is 10.1. The number of thioether (sulfide) groups is 1. The zero-order valence-corrected chi connectivity index (χ0v) is 14.2. The number of amides is 1. The number of hydrogen-bond acceptors (Lipinski definition) is 5. The van der Waals surface area contributed by atoms with Crippen LogP contribution in [0.4, 0.5) is 0 Å². The number of rotatable bonds is 5. The molecule has 0 spiro atoms. The standard InChI is InChI=1S/C17H17N5OS/c1-22-11-14(10-21-22)13-6-12(7-18-9-13)8-20-16(23)15-4-3-5-19-17(15)24-2/h3-7,9-11H,8H2,1-2H3,(H,20,23). The molecule has 0 aliphatic heterocycles. The second-order valence-electron chi connectivity index (χ2n) is 5.23. The van der Waals surface area contributed by atoms with Gasteiger partial charge >= 0.3 is 0 Å². The van der Waals surface area contributed by atoms with Gasteiger partial charge in [-0.25, -0.2) is 4.98 Å². The molecule has 122 valence electrons. The molecule has 1 N–H and O–H groups in total. The lowest BCUT2D eigenvalue weighted by Crippen LogP contribution is -2.23. The Bertz CT molecular complexity index is 861. The van der Waals surface area contributed by atoms with Crippen LogP contribution in [0.3, 0.4) is 0 Å². The number of carbonyl (C=O) groups is 1. The predicted octanol–water partition coefficient (Wildman–Crippen LogP) is 2.53. The Labute approximate surface area is 144 Å². The summed E-state index contributed by atoms with van der Waals surface area (Å²) in [6, 6.07) is 5.54. The Kier molecular flexibility index (Phi) is 4.90. The summed E-state index contributed by atoms with van der Waals surface area (Å²) in [6.07, 6.45) is 10.8. The van der Waals surface area contributed by atoms with Gasteiger partial charge in [0, 0.05) is 49.5 Å². The molecule has 3 aromatic rings. The van der Waals surface area contributed by atoms with Gasteiger partial charge in [-0.2, -0.15) is 5.10 Å². The molecule has 0 unspecified atom stereocenters. The zero-order chi connectivity index (χ0) is 16.9. The first-order valence-corrected chi connectivity index (χ1v) is 8.60. The zero-order valence-electron chi connectivity index (χ0n) is 13.4. The van der Waals surface area contributed by atoms with E-state index in [0.29, 0.717) is 12.1 Å². The number of carbonyl (C=O) groups excluding carboxylic acids is 1. The van der Waals surface area contributed by atoms with E-state index in [9.17, 15) is 4.79 Å². The highest BCUT2D eigenvalue weighted by molar-refractivity contribution is 7.98. The van der Waals surface area contributed by atoms with E-state index in [4.69, 9.17) is 0 Å². The monoisotopic (exact) mass is 339 g/mol. The molecule has 0 radical (unpaired) electrons. The van der Waals surface area contributed by atoms with Crippen molar-refractivity contribution < 1.29 is 4.79 Å². The molecule has 0 aliphatic carbocycles. The molecule has 0 aromatic carbocycles. The Hall–Kier alpha value is -2.67. The third-order valence-corrected chi connectivity index (χ3v) is 4.21. The fourth-order valence-electron chi connectivity index (χ4n) is 2.32. The molecule has 0 saturated carbocycles. The van der Waals surface area contributed by atoms with Crippen molar-refractivity contribution >= 4 is 17.7 Å². The summed E-state index contributed by atoms with van der Waals surface area (Å²) >= 11 is 1.45. The van der Waals surface area contributed by atoms with Crippen molar-refractivity contribution in [3.8, 4) is 11.1 Å². The number of aromatic nitrogens is 4. The Morgan fingerprint density at radius 2 is 2.17 bits per heavy atom. The highest BCUT2D eigenvalue weighted by Gasteiger charge is 2.11. The summed E-state index contributed by atoms with van der Waals surface area (Å²) in [7, 11) is 1.87. The van der Waals surface area contributed by atoms with Crippen LogP contribution in [0, 0.1) is 0 Å². The molecule has 3 heterocycles. The number of hydrogen-bond donors (Lipinski definition) is 1. The van der Waals surface area contributed by atoms with Gasteiger partial charge in [-0.1, -0.05) is 0 Å². The summed E-state index contributed by atoms with van der Waals surface area (Å²) < 4.78 is 1.75. The SMILES string of the molecule is CSc1ncccc1C(=O)NCc1cncc(-c2cnn(C)c2)c1. The van der Waals surface area contributed by atoms with Gasteiger partial charge in [0.1, 0.15) is 5.03 Å². The van der Waals surface area contributed by atoms with Crippen molar-refractivity contribution in [3.63, 3.8) is 0 Å². The van der Waals surface area contributed by atoms with Gasteiger partial charge < -0.3 is 5.32 Å². The molecule has 7 heteroatoms. The molecular weight excluding hydrogens is 322 g/mol. The van der Waals surface area contributed by atoms with Gasteiger partial charge in [0.05, 0.1) is 11.8 Å². The van der Waals surface area contributed by atoms with E-state index in [2.05, 4.69) is 20.4 Å². The molecule has 0 bridgehead atoms. The first kappa shape index (κ1) is 16.2. The van der Waals surface area contributed by atoms with Crippen molar-refractivity contribution in [3.05, 3.63) is 60.3 Å². The van der Waals surface area contributed by atoms with E-state index in [-0.39, 0.29) is 5.91 Å². The second kappa shape index (κ2) is 7.27. The van der Waals surface area contributed by atoms with Gasteiger partial charge in [0.2, 0.25) is 0 Å². The lowest BCUT2D eigenvalue weighted by Gasteiger charge is -2.08. The fraction of sp³-hybridized carbons (Fsp3) is 0.176. The molecule has 3 rings (SSSR count). The number of nitrogens with one attached hydrogen (secondary N) is 1. The molecule has 0 aliphatic rings. The van der Waals surface area contributed by atoms with Crippen LogP contribution in [-0.2, 0) is 13.6 Å². The van der Waals surface area contributed by atoms with Crippen LogP contribution in [0.5, 0.6) is 0 Å². The number of aryl methyl sites for hydroxylation is 1. The second-order valence-corrected chi connectivity index (χ2v) is 6.02. The first-order valence-electron chi connectivity index (χ1n) is 7.37. The molecular formula is C17H17N5OS. The van der Waals surface area contributed by atoms with E-state index >= 15 is 0 Å². The van der Waals surface area contributed by atoms with Crippen molar-refractivity contribution in [1.82, 2.24) is 25.1 Å².